The van der Waals surface area contributed by atoms with Gasteiger partial charge in [0.05, 0.1) is 0 Å². The fraction of sp³-hybridized carbons (Fsp3) is 0.600. The predicted molar refractivity (Wildman–Crippen MR) is 72.1 cm³/mol. The molecule has 0 aromatic heterocycles. The van der Waals surface area contributed by atoms with Gasteiger partial charge in [-0.05, 0) is 51.8 Å². The van der Waals surface area contributed by atoms with E-state index in [4.69, 9.17) is 0 Å². The zero-order valence-electron chi connectivity index (χ0n) is 11.1. The standard InChI is InChI=1S/C15H25N/c1-5-6-14(7-8-16-4)15-10-12(2)9-13(3)11-15/h9-11,14,16H,5-8H2,1-4H3. The monoisotopic (exact) mass is 219 g/mol. The molecule has 1 rings (SSSR count). The number of aryl methyl sites for hydroxylation is 2. The van der Waals surface area contributed by atoms with E-state index in [1.54, 1.807) is 0 Å². The van der Waals surface area contributed by atoms with Gasteiger partial charge >= 0.3 is 0 Å². The molecule has 1 unspecified atom stereocenters. The van der Waals surface area contributed by atoms with Crippen LogP contribution in [0, 0.1) is 13.8 Å². The van der Waals surface area contributed by atoms with E-state index in [1.165, 1.54) is 36.0 Å². The normalized spacial score (nSPS) is 12.8. The summed E-state index contributed by atoms with van der Waals surface area (Å²) in [6.07, 6.45) is 3.80. The van der Waals surface area contributed by atoms with E-state index in [2.05, 4.69) is 44.3 Å². The fourth-order valence-electron chi connectivity index (χ4n) is 2.39. The molecular weight excluding hydrogens is 194 g/mol. The van der Waals surface area contributed by atoms with Crippen molar-refractivity contribution < 1.29 is 0 Å². The highest BCUT2D eigenvalue weighted by Crippen LogP contribution is 2.26. The maximum atomic E-state index is 3.26. The first-order chi connectivity index (χ1) is 7.67. The van der Waals surface area contributed by atoms with Gasteiger partial charge < -0.3 is 5.32 Å². The quantitative estimate of drug-likeness (QED) is 0.767. The Morgan fingerprint density at radius 3 is 2.19 bits per heavy atom. The first kappa shape index (κ1) is 13.2. The molecule has 1 heteroatoms. The van der Waals surface area contributed by atoms with Gasteiger partial charge in [-0.1, -0.05) is 42.7 Å². The van der Waals surface area contributed by atoms with Crippen LogP contribution < -0.4 is 5.32 Å². The SMILES string of the molecule is CCCC(CCNC)c1cc(C)cc(C)c1. The molecule has 1 N–H and O–H groups in total. The minimum atomic E-state index is 0.719. The average molecular weight is 219 g/mol. The molecule has 1 nitrogen and oxygen atoms in total. The molecule has 0 aliphatic rings. The van der Waals surface area contributed by atoms with Gasteiger partial charge in [-0.3, -0.25) is 0 Å². The molecule has 0 bridgehead atoms. The summed E-state index contributed by atoms with van der Waals surface area (Å²) < 4.78 is 0. The second-order valence-corrected chi connectivity index (χ2v) is 4.80. The molecular formula is C15H25N. The second-order valence-electron chi connectivity index (χ2n) is 4.80. The van der Waals surface area contributed by atoms with Crippen molar-refractivity contribution >= 4 is 0 Å². The van der Waals surface area contributed by atoms with Crippen LogP contribution in [0.4, 0.5) is 0 Å². The van der Waals surface area contributed by atoms with E-state index < -0.39 is 0 Å². The lowest BCUT2D eigenvalue weighted by molar-refractivity contribution is 0.551. The molecule has 1 aromatic rings. The lowest BCUT2D eigenvalue weighted by Crippen LogP contribution is -2.12. The molecule has 0 spiro atoms. The second kappa shape index (κ2) is 6.70. The van der Waals surface area contributed by atoms with Crippen LogP contribution in [0.2, 0.25) is 0 Å². The Hall–Kier alpha value is -0.820. The highest BCUT2D eigenvalue weighted by Gasteiger charge is 2.10. The van der Waals surface area contributed by atoms with Gasteiger partial charge in [-0.25, -0.2) is 0 Å². The number of nitrogens with one attached hydrogen (secondary N) is 1. The van der Waals surface area contributed by atoms with Crippen molar-refractivity contribution in [2.75, 3.05) is 13.6 Å². The lowest BCUT2D eigenvalue weighted by Gasteiger charge is -2.17. The van der Waals surface area contributed by atoms with E-state index in [-0.39, 0.29) is 0 Å². The molecule has 1 atom stereocenters. The predicted octanol–water partition coefficient (Wildman–Crippen LogP) is 3.80. The van der Waals surface area contributed by atoms with Gasteiger partial charge in [-0.15, -0.1) is 0 Å². The average Bonchev–Trinajstić information content (AvgIpc) is 2.22. The summed E-state index contributed by atoms with van der Waals surface area (Å²) >= 11 is 0. The Bertz CT molecular complexity index is 297. The van der Waals surface area contributed by atoms with E-state index in [9.17, 15) is 0 Å². The molecule has 1 aromatic carbocycles. The summed E-state index contributed by atoms with van der Waals surface area (Å²) in [6.45, 7) is 7.77. The van der Waals surface area contributed by atoms with Crippen LogP contribution in [-0.2, 0) is 0 Å². The Labute approximate surface area is 100 Å². The topological polar surface area (TPSA) is 12.0 Å². The Balaban J connectivity index is 2.82. The van der Waals surface area contributed by atoms with Crippen LogP contribution in [0.15, 0.2) is 18.2 Å². The zero-order valence-corrected chi connectivity index (χ0v) is 11.1. The van der Waals surface area contributed by atoms with Gasteiger partial charge in [0.1, 0.15) is 0 Å². The summed E-state index contributed by atoms with van der Waals surface area (Å²) in [5, 5.41) is 3.26. The largest absolute Gasteiger partial charge is 0.320 e. The van der Waals surface area contributed by atoms with Gasteiger partial charge in [0, 0.05) is 0 Å². The van der Waals surface area contributed by atoms with Crippen LogP contribution >= 0.6 is 0 Å². The summed E-state index contributed by atoms with van der Waals surface area (Å²) in [7, 11) is 2.03. The Kier molecular flexibility index (Phi) is 5.54. The van der Waals surface area contributed by atoms with Gasteiger partial charge in [0.15, 0.2) is 0 Å². The summed E-state index contributed by atoms with van der Waals surface area (Å²) in [6, 6.07) is 6.95. The van der Waals surface area contributed by atoms with E-state index >= 15 is 0 Å². The van der Waals surface area contributed by atoms with Crippen molar-refractivity contribution in [3.63, 3.8) is 0 Å². The summed E-state index contributed by atoms with van der Waals surface area (Å²) in [4.78, 5) is 0. The number of hydrogen-bond donors (Lipinski definition) is 1. The number of rotatable bonds is 6. The molecule has 0 saturated carbocycles. The Morgan fingerprint density at radius 1 is 1.06 bits per heavy atom. The van der Waals surface area contributed by atoms with Gasteiger partial charge in [0.25, 0.3) is 0 Å². The fourth-order valence-corrected chi connectivity index (χ4v) is 2.39. The van der Waals surface area contributed by atoms with Crippen LogP contribution in [-0.4, -0.2) is 13.6 Å². The third-order valence-electron chi connectivity index (χ3n) is 3.10. The molecule has 0 radical (unpaired) electrons. The molecule has 90 valence electrons. The summed E-state index contributed by atoms with van der Waals surface area (Å²) in [5.41, 5.74) is 4.30. The van der Waals surface area contributed by atoms with Crippen LogP contribution in [0.3, 0.4) is 0 Å². The van der Waals surface area contributed by atoms with Crippen LogP contribution in [0.1, 0.15) is 48.8 Å². The van der Waals surface area contributed by atoms with Crippen molar-refractivity contribution in [2.45, 2.75) is 46.0 Å². The van der Waals surface area contributed by atoms with Crippen molar-refractivity contribution in [1.82, 2.24) is 5.32 Å². The van der Waals surface area contributed by atoms with Crippen molar-refractivity contribution in [1.29, 1.82) is 0 Å². The van der Waals surface area contributed by atoms with Crippen molar-refractivity contribution in [3.8, 4) is 0 Å². The van der Waals surface area contributed by atoms with Gasteiger partial charge in [-0.2, -0.15) is 0 Å². The first-order valence-electron chi connectivity index (χ1n) is 6.40. The van der Waals surface area contributed by atoms with E-state index in [1.807, 2.05) is 7.05 Å². The van der Waals surface area contributed by atoms with Crippen LogP contribution in [0.5, 0.6) is 0 Å². The third-order valence-corrected chi connectivity index (χ3v) is 3.10. The van der Waals surface area contributed by atoms with E-state index in [0.717, 1.165) is 12.5 Å². The highest BCUT2D eigenvalue weighted by molar-refractivity contribution is 5.31. The summed E-state index contributed by atoms with van der Waals surface area (Å²) in [5.74, 6) is 0.719. The molecule has 0 fully saturated rings. The van der Waals surface area contributed by atoms with Crippen molar-refractivity contribution in [3.05, 3.63) is 34.9 Å². The van der Waals surface area contributed by atoms with Gasteiger partial charge in [0.2, 0.25) is 0 Å². The molecule has 16 heavy (non-hydrogen) atoms. The minimum Gasteiger partial charge on any atom is -0.320 e. The number of hydrogen-bond acceptors (Lipinski definition) is 1. The zero-order chi connectivity index (χ0) is 12.0. The van der Waals surface area contributed by atoms with E-state index in [0.29, 0.717) is 0 Å². The van der Waals surface area contributed by atoms with Crippen molar-refractivity contribution in [2.24, 2.45) is 0 Å². The minimum absolute atomic E-state index is 0.719. The number of benzene rings is 1. The molecule has 0 saturated heterocycles. The molecule has 0 heterocycles. The molecule has 0 aliphatic carbocycles. The third kappa shape index (κ3) is 3.97. The first-order valence-corrected chi connectivity index (χ1v) is 6.40. The maximum absolute atomic E-state index is 3.26. The molecule has 0 amide bonds. The maximum Gasteiger partial charge on any atom is -0.00461 e. The molecule has 0 aliphatic heterocycles. The Morgan fingerprint density at radius 2 is 1.69 bits per heavy atom. The van der Waals surface area contributed by atoms with Crippen LogP contribution in [0.25, 0.3) is 0 Å². The highest BCUT2D eigenvalue weighted by atomic mass is 14.8. The smallest absolute Gasteiger partial charge is 0.00461 e. The lowest BCUT2D eigenvalue weighted by atomic mass is 9.89.